The molecule has 1 aromatic rings. The predicted octanol–water partition coefficient (Wildman–Crippen LogP) is 3.53. The van der Waals surface area contributed by atoms with Gasteiger partial charge in [-0.05, 0) is 6.07 Å². The van der Waals surface area contributed by atoms with E-state index in [0.29, 0.717) is 0 Å². The Labute approximate surface area is 130 Å². The van der Waals surface area contributed by atoms with E-state index in [2.05, 4.69) is 9.72 Å². The van der Waals surface area contributed by atoms with Crippen LogP contribution in [0.3, 0.4) is 0 Å². The zero-order chi connectivity index (χ0) is 17.1. The lowest BCUT2D eigenvalue weighted by atomic mass is 9.90. The van der Waals surface area contributed by atoms with Crippen LogP contribution < -0.4 is 0 Å². The number of esters is 1. The van der Waals surface area contributed by atoms with Crippen molar-refractivity contribution in [2.75, 3.05) is 12.9 Å². The second-order valence-corrected chi connectivity index (χ2v) is 6.42. The highest BCUT2D eigenvalue weighted by Gasteiger charge is 2.37. The van der Waals surface area contributed by atoms with Gasteiger partial charge in [0, 0.05) is 11.1 Å². The predicted molar refractivity (Wildman–Crippen MR) is 75.4 cm³/mol. The molecule has 22 heavy (non-hydrogen) atoms. The first kappa shape index (κ1) is 18.3. The lowest BCUT2D eigenvalue weighted by molar-refractivity contribution is -0.138. The largest absolute Gasteiger partial charge is 0.468 e. The van der Waals surface area contributed by atoms with Crippen LogP contribution in [0.5, 0.6) is 0 Å². The number of hydrogen-bond donors (Lipinski definition) is 0. The quantitative estimate of drug-likeness (QED) is 0.626. The van der Waals surface area contributed by atoms with Crippen LogP contribution in [0.1, 0.15) is 37.6 Å². The lowest BCUT2D eigenvalue weighted by Gasteiger charge is -2.21. The highest BCUT2D eigenvalue weighted by atomic mass is 32.2. The van der Waals surface area contributed by atoms with Crippen LogP contribution in [0.25, 0.3) is 0 Å². The number of nitriles is 1. The summed E-state index contributed by atoms with van der Waals surface area (Å²) in [6.45, 7) is 5.16. The van der Waals surface area contributed by atoms with Crippen molar-refractivity contribution in [3.63, 3.8) is 0 Å². The first-order valence-corrected chi connectivity index (χ1v) is 7.21. The summed E-state index contributed by atoms with van der Waals surface area (Å²) in [5.74, 6) is -0.825. The Bertz CT molecular complexity index is 616. The van der Waals surface area contributed by atoms with Crippen LogP contribution in [0.2, 0.25) is 0 Å². The average molecular weight is 332 g/mol. The number of ether oxygens (including phenoxy) is 1. The van der Waals surface area contributed by atoms with E-state index in [-0.39, 0.29) is 16.5 Å². The van der Waals surface area contributed by atoms with Crippen LogP contribution in [0.4, 0.5) is 13.2 Å². The minimum atomic E-state index is -4.67. The van der Waals surface area contributed by atoms with Gasteiger partial charge >= 0.3 is 12.1 Å². The van der Waals surface area contributed by atoms with Gasteiger partial charge < -0.3 is 4.74 Å². The molecule has 0 saturated heterocycles. The third kappa shape index (κ3) is 4.37. The molecule has 0 aliphatic heterocycles. The normalized spacial score (nSPS) is 11.9. The van der Waals surface area contributed by atoms with Crippen LogP contribution in [-0.2, 0) is 21.1 Å². The van der Waals surface area contributed by atoms with Gasteiger partial charge in [0.15, 0.2) is 0 Å². The van der Waals surface area contributed by atoms with E-state index in [1.54, 1.807) is 20.8 Å². The summed E-state index contributed by atoms with van der Waals surface area (Å²) < 4.78 is 44.0. The maximum atomic E-state index is 13.2. The standard InChI is InChI=1S/C14H15F3N2O2S/c1-13(2,3)10-5-9(14(15,16)17)8(6-18)12(19-10)22-7-11(20)21-4/h5H,7H2,1-4H3. The number of methoxy groups -OCH3 is 1. The van der Waals surface area contributed by atoms with Gasteiger partial charge in [-0.25, -0.2) is 4.98 Å². The fourth-order valence-electron chi connectivity index (χ4n) is 1.53. The Hall–Kier alpha value is -1.75. The molecule has 0 bridgehead atoms. The molecule has 0 aliphatic carbocycles. The van der Waals surface area contributed by atoms with E-state index in [1.807, 2.05) is 0 Å². The van der Waals surface area contributed by atoms with Gasteiger partial charge in [0.05, 0.1) is 24.0 Å². The van der Waals surface area contributed by atoms with Crippen LogP contribution in [0.15, 0.2) is 11.1 Å². The number of rotatable bonds is 3. The SMILES string of the molecule is COC(=O)CSc1nc(C(C)(C)C)cc(C(F)(F)F)c1C#N. The molecule has 120 valence electrons. The minimum Gasteiger partial charge on any atom is -0.468 e. The van der Waals surface area contributed by atoms with Crippen molar-refractivity contribution in [3.8, 4) is 6.07 Å². The highest BCUT2D eigenvalue weighted by molar-refractivity contribution is 7.99. The topological polar surface area (TPSA) is 63.0 Å². The Morgan fingerprint density at radius 2 is 2.00 bits per heavy atom. The summed E-state index contributed by atoms with van der Waals surface area (Å²) in [5, 5.41) is 8.94. The summed E-state index contributed by atoms with van der Waals surface area (Å²) in [6.07, 6.45) is -4.67. The fourth-order valence-corrected chi connectivity index (χ4v) is 2.36. The maximum Gasteiger partial charge on any atom is 0.417 e. The van der Waals surface area contributed by atoms with Gasteiger partial charge in [-0.3, -0.25) is 4.79 Å². The number of thioether (sulfide) groups is 1. The zero-order valence-electron chi connectivity index (χ0n) is 12.5. The van der Waals surface area contributed by atoms with Gasteiger partial charge in [-0.15, -0.1) is 0 Å². The third-order valence-electron chi connectivity index (χ3n) is 2.73. The summed E-state index contributed by atoms with van der Waals surface area (Å²) in [7, 11) is 1.17. The van der Waals surface area contributed by atoms with Gasteiger partial charge in [-0.2, -0.15) is 18.4 Å². The second kappa shape index (κ2) is 6.57. The first-order valence-electron chi connectivity index (χ1n) is 6.23. The number of aromatic nitrogens is 1. The van der Waals surface area contributed by atoms with Crippen molar-refractivity contribution in [2.24, 2.45) is 0 Å². The van der Waals surface area contributed by atoms with Gasteiger partial charge in [0.1, 0.15) is 11.1 Å². The molecular weight excluding hydrogens is 317 g/mol. The number of carbonyl (C=O) groups is 1. The molecule has 0 aromatic carbocycles. The number of nitrogens with zero attached hydrogens (tertiary/aromatic N) is 2. The summed E-state index contributed by atoms with van der Waals surface area (Å²) in [5.41, 5.74) is -2.04. The van der Waals surface area contributed by atoms with E-state index >= 15 is 0 Å². The third-order valence-corrected chi connectivity index (χ3v) is 3.68. The van der Waals surface area contributed by atoms with Crippen LogP contribution in [-0.4, -0.2) is 23.8 Å². The van der Waals surface area contributed by atoms with E-state index in [0.717, 1.165) is 17.8 Å². The zero-order valence-corrected chi connectivity index (χ0v) is 13.4. The highest BCUT2D eigenvalue weighted by Crippen LogP contribution is 2.38. The molecule has 0 atom stereocenters. The molecule has 0 aliphatic rings. The monoisotopic (exact) mass is 332 g/mol. The molecule has 0 unspecified atom stereocenters. The fraction of sp³-hybridized carbons (Fsp3) is 0.500. The molecule has 1 rings (SSSR count). The molecule has 0 spiro atoms. The van der Waals surface area contributed by atoms with Crippen molar-refractivity contribution in [2.45, 2.75) is 37.4 Å². The molecule has 0 amide bonds. The second-order valence-electron chi connectivity index (χ2n) is 5.46. The van der Waals surface area contributed by atoms with E-state index in [9.17, 15) is 18.0 Å². The number of carbonyl (C=O) groups excluding carboxylic acids is 1. The van der Waals surface area contributed by atoms with Crippen LogP contribution >= 0.6 is 11.8 Å². The van der Waals surface area contributed by atoms with Crippen LogP contribution in [0, 0.1) is 11.3 Å². The smallest absolute Gasteiger partial charge is 0.417 e. The molecule has 8 heteroatoms. The summed E-state index contributed by atoms with van der Waals surface area (Å²) in [6, 6.07) is 2.43. The number of halogens is 3. The molecule has 0 saturated carbocycles. The Balaban J connectivity index is 3.46. The molecule has 4 nitrogen and oxygen atoms in total. The lowest BCUT2D eigenvalue weighted by Crippen LogP contribution is -2.19. The van der Waals surface area contributed by atoms with E-state index in [4.69, 9.17) is 5.26 Å². The van der Waals surface area contributed by atoms with Crippen molar-refractivity contribution in [1.82, 2.24) is 4.98 Å². The van der Waals surface area contributed by atoms with Crippen molar-refractivity contribution in [3.05, 3.63) is 22.9 Å². The molecule has 0 radical (unpaired) electrons. The van der Waals surface area contributed by atoms with E-state index < -0.39 is 28.7 Å². The molecule has 1 heterocycles. The summed E-state index contributed by atoms with van der Waals surface area (Å²) in [4.78, 5) is 15.3. The van der Waals surface area contributed by atoms with Crippen molar-refractivity contribution < 1.29 is 22.7 Å². The van der Waals surface area contributed by atoms with Gasteiger partial charge in [0.2, 0.25) is 0 Å². The Morgan fingerprint density at radius 3 is 2.41 bits per heavy atom. The minimum absolute atomic E-state index is 0.118. The molecule has 0 fully saturated rings. The molecule has 1 aromatic heterocycles. The Morgan fingerprint density at radius 1 is 1.41 bits per heavy atom. The number of pyridine rings is 1. The van der Waals surface area contributed by atoms with Gasteiger partial charge in [-0.1, -0.05) is 32.5 Å². The summed E-state index contributed by atoms with van der Waals surface area (Å²) >= 11 is 0.757. The van der Waals surface area contributed by atoms with Gasteiger partial charge in [0.25, 0.3) is 0 Å². The Kier molecular flexibility index (Phi) is 5.46. The van der Waals surface area contributed by atoms with E-state index in [1.165, 1.54) is 13.2 Å². The molecule has 0 N–H and O–H groups in total. The number of hydrogen-bond acceptors (Lipinski definition) is 5. The first-order chi connectivity index (χ1) is 10.0. The number of alkyl halides is 3. The average Bonchev–Trinajstić information content (AvgIpc) is 2.41. The van der Waals surface area contributed by atoms with Crippen molar-refractivity contribution >= 4 is 17.7 Å². The maximum absolute atomic E-state index is 13.2. The molecular formula is C14H15F3N2O2S. The van der Waals surface area contributed by atoms with Crippen molar-refractivity contribution in [1.29, 1.82) is 5.26 Å².